The van der Waals surface area contributed by atoms with Gasteiger partial charge in [-0.05, 0) is 19.1 Å². The molecule has 1 saturated heterocycles. The molecule has 98 valence electrons. The number of thioether (sulfide) groups is 1. The third-order valence-corrected chi connectivity index (χ3v) is 7.13. The Balaban J connectivity index is 2.33. The smallest absolute Gasteiger partial charge is 0.229 e. The van der Waals surface area contributed by atoms with Crippen molar-refractivity contribution in [2.75, 3.05) is 11.5 Å². The maximum Gasteiger partial charge on any atom is 0.253 e. The minimum Gasteiger partial charge on any atom is -0.229 e. The van der Waals surface area contributed by atoms with Crippen molar-refractivity contribution in [3.05, 3.63) is 10.2 Å². The molecule has 9 heteroatoms. The Bertz CT molecular complexity index is 599. The first-order valence-corrected chi connectivity index (χ1v) is 8.88. The van der Waals surface area contributed by atoms with Gasteiger partial charge < -0.3 is 0 Å². The molecule has 1 aliphatic heterocycles. The average Bonchev–Trinajstić information content (AvgIpc) is 2.86. The lowest BCUT2D eigenvalue weighted by atomic mass is 10.0. The molecule has 0 amide bonds. The van der Waals surface area contributed by atoms with Crippen molar-refractivity contribution >= 4 is 44.7 Å². The van der Waals surface area contributed by atoms with E-state index in [1.807, 2.05) is 0 Å². The molecule has 2 heterocycles. The van der Waals surface area contributed by atoms with Crippen LogP contribution < -0.4 is 4.72 Å². The van der Waals surface area contributed by atoms with Crippen LogP contribution in [0.5, 0.6) is 0 Å². The van der Waals surface area contributed by atoms with Gasteiger partial charge in [0.15, 0.2) is 8.68 Å². The van der Waals surface area contributed by atoms with E-state index in [9.17, 15) is 13.7 Å². The third kappa shape index (κ3) is 2.65. The van der Waals surface area contributed by atoms with Crippen molar-refractivity contribution in [1.82, 2.24) is 9.71 Å². The molecule has 1 aliphatic rings. The number of sulfonamides is 1. The van der Waals surface area contributed by atoms with E-state index < -0.39 is 15.6 Å². The summed E-state index contributed by atoms with van der Waals surface area (Å²) in [6.07, 6.45) is 0.513. The Hall–Kier alpha value is -0.330. The lowest BCUT2D eigenvalue weighted by Gasteiger charge is -2.20. The second-order valence-corrected chi connectivity index (χ2v) is 8.51. The molecule has 1 N–H and O–H groups in total. The average molecular weight is 324 g/mol. The van der Waals surface area contributed by atoms with Crippen LogP contribution in [0, 0.1) is 18.3 Å². The predicted octanol–water partition coefficient (Wildman–Crippen LogP) is 1.78. The van der Waals surface area contributed by atoms with Crippen LogP contribution in [-0.4, -0.2) is 30.4 Å². The molecule has 1 aromatic rings. The Labute approximate surface area is 119 Å². The largest absolute Gasteiger partial charge is 0.253 e. The molecule has 5 nitrogen and oxygen atoms in total. The summed E-state index contributed by atoms with van der Waals surface area (Å²) < 4.78 is 27.2. The lowest BCUT2D eigenvalue weighted by Crippen LogP contribution is -2.47. The summed E-state index contributed by atoms with van der Waals surface area (Å²) >= 11 is 8.17. The Morgan fingerprint density at radius 3 is 2.78 bits per heavy atom. The van der Waals surface area contributed by atoms with Crippen molar-refractivity contribution in [2.24, 2.45) is 0 Å². The van der Waals surface area contributed by atoms with Gasteiger partial charge in [-0.1, -0.05) is 22.9 Å². The molecule has 0 bridgehead atoms. The van der Waals surface area contributed by atoms with Gasteiger partial charge in [0.05, 0.1) is 11.8 Å². The van der Waals surface area contributed by atoms with E-state index in [2.05, 4.69) is 15.8 Å². The van der Waals surface area contributed by atoms with Gasteiger partial charge in [-0.3, -0.25) is 0 Å². The van der Waals surface area contributed by atoms with Crippen LogP contribution in [0.1, 0.15) is 12.1 Å². The zero-order valence-corrected chi connectivity index (χ0v) is 12.6. The van der Waals surface area contributed by atoms with Crippen LogP contribution in [0.15, 0.2) is 4.21 Å². The van der Waals surface area contributed by atoms with Crippen LogP contribution in [0.4, 0.5) is 0 Å². The van der Waals surface area contributed by atoms with Crippen LogP contribution >= 0.6 is 34.7 Å². The highest BCUT2D eigenvalue weighted by Crippen LogP contribution is 2.32. The first kappa shape index (κ1) is 14.1. The maximum absolute atomic E-state index is 12.2. The molecule has 1 aromatic heterocycles. The minimum absolute atomic E-state index is 0.0824. The number of hydrogen-bond acceptors (Lipinski definition) is 6. The highest BCUT2D eigenvalue weighted by atomic mass is 35.5. The third-order valence-electron chi connectivity index (χ3n) is 2.54. The van der Waals surface area contributed by atoms with E-state index in [0.717, 1.165) is 17.1 Å². The van der Waals surface area contributed by atoms with E-state index in [-0.39, 0.29) is 8.68 Å². The number of nitrogens with zero attached hydrogens (tertiary/aromatic N) is 2. The molecule has 0 aliphatic carbocycles. The van der Waals surface area contributed by atoms with Crippen LogP contribution in [0.25, 0.3) is 0 Å². The summed E-state index contributed by atoms with van der Waals surface area (Å²) in [5.41, 5.74) is -0.650. The van der Waals surface area contributed by atoms with Crippen molar-refractivity contribution in [3.8, 4) is 6.07 Å². The van der Waals surface area contributed by atoms with Gasteiger partial charge >= 0.3 is 0 Å². The molecule has 0 radical (unpaired) electrons. The Kier molecular flexibility index (Phi) is 3.90. The molecule has 2 rings (SSSR count). The monoisotopic (exact) mass is 323 g/mol. The van der Waals surface area contributed by atoms with Gasteiger partial charge in [0.1, 0.15) is 5.54 Å². The van der Waals surface area contributed by atoms with Gasteiger partial charge in [-0.2, -0.15) is 21.7 Å². The molecule has 0 aromatic carbocycles. The van der Waals surface area contributed by atoms with Crippen molar-refractivity contribution in [1.29, 1.82) is 5.26 Å². The molecule has 0 saturated carbocycles. The molecule has 1 unspecified atom stereocenters. The fourth-order valence-electron chi connectivity index (χ4n) is 1.66. The number of aryl methyl sites for hydroxylation is 1. The second-order valence-electron chi connectivity index (χ2n) is 3.94. The lowest BCUT2D eigenvalue weighted by molar-refractivity contribution is 0.516. The Morgan fingerprint density at radius 1 is 1.61 bits per heavy atom. The highest BCUT2D eigenvalue weighted by molar-refractivity contribution is 7.99. The summed E-state index contributed by atoms with van der Waals surface area (Å²) in [5, 5.41) is 9.17. The van der Waals surface area contributed by atoms with Crippen molar-refractivity contribution in [2.45, 2.75) is 23.1 Å². The summed E-state index contributed by atoms with van der Waals surface area (Å²) in [6, 6.07) is 2.07. The van der Waals surface area contributed by atoms with Gasteiger partial charge in [-0.25, -0.2) is 13.4 Å². The summed E-state index contributed by atoms with van der Waals surface area (Å²) in [4.78, 5) is 3.88. The number of thiazole rings is 1. The zero-order valence-electron chi connectivity index (χ0n) is 9.43. The van der Waals surface area contributed by atoms with Crippen molar-refractivity contribution < 1.29 is 8.42 Å². The summed E-state index contributed by atoms with van der Waals surface area (Å²) in [5.74, 6) is 1.24. The maximum atomic E-state index is 12.2. The quantitative estimate of drug-likeness (QED) is 0.916. The number of aromatic nitrogens is 1. The number of nitriles is 1. The van der Waals surface area contributed by atoms with Gasteiger partial charge in [-0.15, -0.1) is 0 Å². The number of nitrogens with one attached hydrogen (secondary N) is 1. The summed E-state index contributed by atoms with van der Waals surface area (Å²) in [6.45, 7) is 1.58. The van der Waals surface area contributed by atoms with Crippen molar-refractivity contribution in [3.63, 3.8) is 0 Å². The van der Waals surface area contributed by atoms with Gasteiger partial charge in [0, 0.05) is 5.75 Å². The summed E-state index contributed by atoms with van der Waals surface area (Å²) in [7, 11) is -3.74. The molecular weight excluding hydrogens is 314 g/mol. The molecule has 0 spiro atoms. The number of hydrogen-bond donors (Lipinski definition) is 1. The van der Waals surface area contributed by atoms with E-state index in [1.165, 1.54) is 0 Å². The van der Waals surface area contributed by atoms with E-state index in [0.29, 0.717) is 17.9 Å². The number of halogens is 1. The fraction of sp³-hybridized carbons (Fsp3) is 0.556. The standard InChI is InChI=1S/C9H10ClN3O2S3/c1-6-7(17-8(10)12-6)18(14,15)13-9(4-11)2-3-16-5-9/h13H,2-3,5H2,1H3. The minimum atomic E-state index is -3.74. The second kappa shape index (κ2) is 4.98. The van der Waals surface area contributed by atoms with Crippen LogP contribution in [-0.2, 0) is 10.0 Å². The van der Waals surface area contributed by atoms with Crippen LogP contribution in [0.2, 0.25) is 4.47 Å². The predicted molar refractivity (Wildman–Crippen MR) is 72.5 cm³/mol. The van der Waals surface area contributed by atoms with E-state index in [1.54, 1.807) is 18.7 Å². The molecule has 1 atom stereocenters. The zero-order chi connectivity index (χ0) is 13.4. The molecule has 1 fully saturated rings. The topological polar surface area (TPSA) is 82.8 Å². The van der Waals surface area contributed by atoms with E-state index in [4.69, 9.17) is 11.6 Å². The molecular formula is C9H10ClN3O2S3. The first-order chi connectivity index (χ1) is 8.38. The highest BCUT2D eigenvalue weighted by Gasteiger charge is 2.39. The Morgan fingerprint density at radius 2 is 2.33 bits per heavy atom. The van der Waals surface area contributed by atoms with E-state index >= 15 is 0 Å². The normalized spacial score (nSPS) is 24.1. The molecule has 18 heavy (non-hydrogen) atoms. The first-order valence-electron chi connectivity index (χ1n) is 5.04. The fourth-order valence-corrected chi connectivity index (χ4v) is 6.10. The van der Waals surface area contributed by atoms with Gasteiger partial charge in [0.25, 0.3) is 10.0 Å². The number of rotatable bonds is 3. The van der Waals surface area contributed by atoms with Gasteiger partial charge in [0.2, 0.25) is 0 Å². The SMILES string of the molecule is Cc1nc(Cl)sc1S(=O)(=O)NC1(C#N)CCSC1. The van der Waals surface area contributed by atoms with Crippen LogP contribution in [0.3, 0.4) is 0 Å².